The minimum Gasteiger partial charge on any atom is -0.435 e. The van der Waals surface area contributed by atoms with E-state index < -0.39 is 6.61 Å². The second-order valence-electron chi connectivity index (χ2n) is 5.21. The van der Waals surface area contributed by atoms with Gasteiger partial charge < -0.3 is 15.4 Å². The van der Waals surface area contributed by atoms with E-state index in [1.807, 2.05) is 4.90 Å². The molecule has 1 heterocycles. The number of aliphatic imine (C=N–C) groups is 1. The first-order valence-corrected chi connectivity index (χ1v) is 6.58. The number of guanidine groups is 1. The Morgan fingerprint density at radius 2 is 2.00 bits per heavy atom. The van der Waals surface area contributed by atoms with Gasteiger partial charge in [0.2, 0.25) is 0 Å². The second-order valence-corrected chi connectivity index (χ2v) is 5.21. The van der Waals surface area contributed by atoms with Crippen molar-refractivity contribution >= 4 is 5.96 Å². The molecule has 0 saturated carbocycles. The molecule has 0 bridgehead atoms. The van der Waals surface area contributed by atoms with E-state index in [0.717, 1.165) is 12.1 Å². The maximum Gasteiger partial charge on any atom is 0.387 e. The first-order valence-electron chi connectivity index (χ1n) is 6.58. The van der Waals surface area contributed by atoms with Gasteiger partial charge >= 0.3 is 6.61 Å². The zero-order chi connectivity index (χ0) is 14.7. The Morgan fingerprint density at radius 3 is 2.55 bits per heavy atom. The summed E-state index contributed by atoms with van der Waals surface area (Å²) in [4.78, 5) is 6.32. The van der Waals surface area contributed by atoms with Crippen molar-refractivity contribution in [2.24, 2.45) is 16.6 Å². The SMILES string of the molecule is CC(C)CN1C(N)=NCC1c1ccc(OC(F)F)cc1. The van der Waals surface area contributed by atoms with Crippen LogP contribution >= 0.6 is 0 Å². The molecule has 20 heavy (non-hydrogen) atoms. The van der Waals surface area contributed by atoms with Gasteiger partial charge in [-0.1, -0.05) is 26.0 Å². The summed E-state index contributed by atoms with van der Waals surface area (Å²) < 4.78 is 28.6. The van der Waals surface area contributed by atoms with E-state index in [-0.39, 0.29) is 11.8 Å². The van der Waals surface area contributed by atoms with Gasteiger partial charge in [-0.25, -0.2) is 0 Å². The molecule has 1 atom stereocenters. The number of hydrogen-bond acceptors (Lipinski definition) is 4. The zero-order valence-corrected chi connectivity index (χ0v) is 11.6. The molecular weight excluding hydrogens is 264 g/mol. The third kappa shape index (κ3) is 3.37. The lowest BCUT2D eigenvalue weighted by Crippen LogP contribution is -2.38. The molecule has 1 aliphatic rings. The Labute approximate surface area is 117 Å². The first-order chi connectivity index (χ1) is 9.47. The van der Waals surface area contributed by atoms with Crippen LogP contribution in [0.2, 0.25) is 0 Å². The Kier molecular flexibility index (Phi) is 4.42. The van der Waals surface area contributed by atoms with Crippen molar-refractivity contribution in [1.29, 1.82) is 0 Å². The molecule has 0 amide bonds. The lowest BCUT2D eigenvalue weighted by molar-refractivity contribution is -0.0498. The molecule has 0 spiro atoms. The van der Waals surface area contributed by atoms with E-state index in [0.29, 0.717) is 18.4 Å². The number of benzene rings is 1. The molecule has 110 valence electrons. The lowest BCUT2D eigenvalue weighted by atomic mass is 10.0. The highest BCUT2D eigenvalue weighted by Crippen LogP contribution is 2.28. The number of nitrogens with zero attached hydrogens (tertiary/aromatic N) is 2. The van der Waals surface area contributed by atoms with Crippen molar-refractivity contribution in [3.8, 4) is 5.75 Å². The highest BCUT2D eigenvalue weighted by Gasteiger charge is 2.27. The molecule has 1 unspecified atom stereocenters. The third-order valence-electron chi connectivity index (χ3n) is 3.15. The molecule has 0 aliphatic carbocycles. The smallest absolute Gasteiger partial charge is 0.387 e. The number of alkyl halides is 2. The average Bonchev–Trinajstić information content (AvgIpc) is 2.71. The van der Waals surface area contributed by atoms with E-state index in [4.69, 9.17) is 5.73 Å². The van der Waals surface area contributed by atoms with Gasteiger partial charge in [-0.2, -0.15) is 8.78 Å². The quantitative estimate of drug-likeness (QED) is 0.903. The molecule has 2 N–H and O–H groups in total. The predicted molar refractivity (Wildman–Crippen MR) is 73.8 cm³/mol. The van der Waals surface area contributed by atoms with Crippen molar-refractivity contribution in [2.45, 2.75) is 26.5 Å². The van der Waals surface area contributed by atoms with Gasteiger partial charge in [-0.05, 0) is 23.6 Å². The van der Waals surface area contributed by atoms with Crippen LogP contribution in [0.25, 0.3) is 0 Å². The summed E-state index contributed by atoms with van der Waals surface area (Å²) >= 11 is 0. The summed E-state index contributed by atoms with van der Waals surface area (Å²) in [6.45, 7) is 2.83. The molecule has 0 saturated heterocycles. The number of hydrogen-bond donors (Lipinski definition) is 1. The van der Waals surface area contributed by atoms with Gasteiger partial charge in [0.1, 0.15) is 5.75 Å². The van der Waals surface area contributed by atoms with E-state index in [9.17, 15) is 8.78 Å². The Morgan fingerprint density at radius 1 is 1.35 bits per heavy atom. The van der Waals surface area contributed by atoms with Gasteiger partial charge in [-0.3, -0.25) is 4.99 Å². The molecule has 1 aromatic rings. The third-order valence-corrected chi connectivity index (χ3v) is 3.15. The van der Waals surface area contributed by atoms with E-state index in [1.54, 1.807) is 24.3 Å². The fraction of sp³-hybridized carbons (Fsp3) is 0.500. The molecule has 1 aliphatic heterocycles. The maximum absolute atomic E-state index is 12.1. The largest absolute Gasteiger partial charge is 0.435 e. The van der Waals surface area contributed by atoms with Crippen LogP contribution in [0.3, 0.4) is 0 Å². The topological polar surface area (TPSA) is 50.8 Å². The van der Waals surface area contributed by atoms with Gasteiger partial charge in [0.15, 0.2) is 5.96 Å². The Bertz CT molecular complexity index is 474. The van der Waals surface area contributed by atoms with Crippen molar-refractivity contribution < 1.29 is 13.5 Å². The van der Waals surface area contributed by atoms with E-state index >= 15 is 0 Å². The number of nitrogens with two attached hydrogens (primary N) is 1. The van der Waals surface area contributed by atoms with Crippen molar-refractivity contribution in [2.75, 3.05) is 13.1 Å². The predicted octanol–water partition coefficient (Wildman–Crippen LogP) is 2.62. The van der Waals surface area contributed by atoms with Crippen LogP contribution in [0.4, 0.5) is 8.78 Å². The van der Waals surface area contributed by atoms with Gasteiger partial charge in [-0.15, -0.1) is 0 Å². The fourth-order valence-electron chi connectivity index (χ4n) is 2.30. The standard InChI is InChI=1S/C14H19F2N3O/c1-9(2)8-19-12(7-18-14(19)17)10-3-5-11(6-4-10)20-13(15)16/h3-6,9,12-13H,7-8H2,1-2H3,(H2,17,18). The molecule has 0 fully saturated rings. The summed E-state index contributed by atoms with van der Waals surface area (Å²) in [5.41, 5.74) is 6.90. The minimum atomic E-state index is -2.80. The Hall–Kier alpha value is -1.85. The lowest BCUT2D eigenvalue weighted by Gasteiger charge is -2.28. The molecule has 2 rings (SSSR count). The van der Waals surface area contributed by atoms with Crippen LogP contribution in [0.1, 0.15) is 25.5 Å². The first kappa shape index (κ1) is 14.6. The van der Waals surface area contributed by atoms with Crippen LogP contribution in [0, 0.1) is 5.92 Å². The summed E-state index contributed by atoms with van der Waals surface area (Å²) in [5.74, 6) is 1.16. The van der Waals surface area contributed by atoms with Crippen LogP contribution in [0.5, 0.6) is 5.75 Å². The normalized spacial score (nSPS) is 18.8. The summed E-state index contributed by atoms with van der Waals surface area (Å²) in [5, 5.41) is 0. The van der Waals surface area contributed by atoms with Gasteiger partial charge in [0, 0.05) is 6.54 Å². The summed E-state index contributed by atoms with van der Waals surface area (Å²) in [7, 11) is 0. The van der Waals surface area contributed by atoms with Crippen LogP contribution in [-0.4, -0.2) is 30.6 Å². The minimum absolute atomic E-state index is 0.0676. The average molecular weight is 283 g/mol. The number of rotatable bonds is 5. The Balaban J connectivity index is 2.10. The fourth-order valence-corrected chi connectivity index (χ4v) is 2.30. The van der Waals surface area contributed by atoms with E-state index in [2.05, 4.69) is 23.6 Å². The number of ether oxygens (including phenoxy) is 1. The van der Waals surface area contributed by atoms with Crippen molar-refractivity contribution in [3.05, 3.63) is 29.8 Å². The van der Waals surface area contributed by atoms with Gasteiger partial charge in [0.25, 0.3) is 0 Å². The number of halogens is 2. The summed E-state index contributed by atoms with van der Waals surface area (Å²) in [6, 6.07) is 6.72. The molecule has 1 aromatic carbocycles. The highest BCUT2D eigenvalue weighted by molar-refractivity contribution is 5.80. The van der Waals surface area contributed by atoms with Crippen LogP contribution < -0.4 is 10.5 Å². The highest BCUT2D eigenvalue weighted by atomic mass is 19.3. The molecule has 0 radical (unpaired) electrons. The molecule has 6 heteroatoms. The molecular formula is C14H19F2N3O. The summed E-state index contributed by atoms with van der Waals surface area (Å²) in [6.07, 6.45) is 0. The van der Waals surface area contributed by atoms with Crippen molar-refractivity contribution in [3.63, 3.8) is 0 Å². The maximum atomic E-state index is 12.1. The molecule has 4 nitrogen and oxygen atoms in total. The van der Waals surface area contributed by atoms with E-state index in [1.165, 1.54) is 0 Å². The molecule has 0 aromatic heterocycles. The van der Waals surface area contributed by atoms with Crippen LogP contribution in [0.15, 0.2) is 29.3 Å². The van der Waals surface area contributed by atoms with Gasteiger partial charge in [0.05, 0.1) is 12.6 Å². The van der Waals surface area contributed by atoms with Crippen molar-refractivity contribution in [1.82, 2.24) is 4.90 Å². The van der Waals surface area contributed by atoms with Crippen LogP contribution in [-0.2, 0) is 0 Å². The second kappa shape index (κ2) is 6.07. The monoisotopic (exact) mass is 283 g/mol. The zero-order valence-electron chi connectivity index (χ0n) is 11.6.